The molecule has 1 aliphatic carbocycles. The van der Waals surface area contributed by atoms with Gasteiger partial charge in [0.25, 0.3) is 0 Å². The molecule has 0 radical (unpaired) electrons. The van der Waals surface area contributed by atoms with Crippen molar-refractivity contribution in [2.75, 3.05) is 13.6 Å². The third-order valence-electron chi connectivity index (χ3n) is 3.52. The fourth-order valence-corrected chi connectivity index (χ4v) is 3.16. The first kappa shape index (κ1) is 11.0. The fraction of sp³-hybridized carbons (Fsp3) is 0.538. The molecule has 2 rings (SSSR count). The zero-order valence-electron chi connectivity index (χ0n) is 9.22. The Morgan fingerprint density at radius 2 is 1.93 bits per heavy atom. The molecule has 0 unspecified atom stereocenters. The first-order valence-corrected chi connectivity index (χ1v) is 6.06. The Kier molecular flexibility index (Phi) is 3.32. The van der Waals surface area contributed by atoms with Crippen LogP contribution >= 0.6 is 11.6 Å². The average Bonchev–Trinajstić information content (AvgIpc) is 2.69. The summed E-state index contributed by atoms with van der Waals surface area (Å²) in [6.45, 7) is 1.04. The topological polar surface area (TPSA) is 12.0 Å². The van der Waals surface area contributed by atoms with Crippen LogP contribution in [0.25, 0.3) is 0 Å². The maximum Gasteiger partial charge on any atom is 0.0444 e. The minimum absolute atomic E-state index is 0.285. The van der Waals surface area contributed by atoms with Gasteiger partial charge in [-0.05, 0) is 31.5 Å². The third-order valence-corrected chi connectivity index (χ3v) is 3.85. The Hall–Kier alpha value is -0.530. The molecule has 1 aliphatic rings. The molecule has 1 aromatic rings. The van der Waals surface area contributed by atoms with Crippen molar-refractivity contribution in [3.63, 3.8) is 0 Å². The van der Waals surface area contributed by atoms with E-state index in [0.717, 1.165) is 11.6 Å². The number of hydrogen-bond acceptors (Lipinski definition) is 1. The summed E-state index contributed by atoms with van der Waals surface area (Å²) in [6, 6.07) is 8.29. The van der Waals surface area contributed by atoms with E-state index in [2.05, 4.69) is 17.4 Å². The minimum Gasteiger partial charge on any atom is -0.319 e. The molecule has 0 bridgehead atoms. The van der Waals surface area contributed by atoms with Gasteiger partial charge in [0.05, 0.1) is 0 Å². The van der Waals surface area contributed by atoms with Gasteiger partial charge < -0.3 is 5.32 Å². The number of nitrogens with one attached hydrogen (secondary N) is 1. The van der Waals surface area contributed by atoms with Crippen molar-refractivity contribution in [3.05, 3.63) is 34.9 Å². The monoisotopic (exact) mass is 223 g/mol. The van der Waals surface area contributed by atoms with E-state index in [-0.39, 0.29) is 5.41 Å². The quantitative estimate of drug-likeness (QED) is 0.829. The van der Waals surface area contributed by atoms with Gasteiger partial charge >= 0.3 is 0 Å². The second kappa shape index (κ2) is 4.54. The van der Waals surface area contributed by atoms with E-state index in [1.807, 2.05) is 19.2 Å². The van der Waals surface area contributed by atoms with Gasteiger partial charge in [0, 0.05) is 17.0 Å². The van der Waals surface area contributed by atoms with Crippen molar-refractivity contribution in [3.8, 4) is 0 Å². The van der Waals surface area contributed by atoms with Gasteiger partial charge in [0.15, 0.2) is 0 Å². The van der Waals surface area contributed by atoms with Gasteiger partial charge in [-0.3, -0.25) is 0 Å². The number of rotatable bonds is 3. The molecule has 0 aromatic heterocycles. The largest absolute Gasteiger partial charge is 0.319 e. The maximum absolute atomic E-state index is 6.30. The third kappa shape index (κ3) is 2.04. The van der Waals surface area contributed by atoms with Crippen LogP contribution in [0, 0.1) is 0 Å². The van der Waals surface area contributed by atoms with Crippen LogP contribution in [0.5, 0.6) is 0 Å². The summed E-state index contributed by atoms with van der Waals surface area (Å²) in [5.74, 6) is 0. The molecule has 1 saturated carbocycles. The molecule has 1 nitrogen and oxygen atoms in total. The van der Waals surface area contributed by atoms with Gasteiger partial charge in [-0.1, -0.05) is 42.6 Å². The molecular formula is C13H18ClN. The molecule has 1 N–H and O–H groups in total. The summed E-state index contributed by atoms with van der Waals surface area (Å²) >= 11 is 6.30. The number of benzene rings is 1. The van der Waals surface area contributed by atoms with Crippen LogP contribution in [0.2, 0.25) is 5.02 Å². The highest BCUT2D eigenvalue weighted by molar-refractivity contribution is 6.31. The van der Waals surface area contributed by atoms with E-state index in [4.69, 9.17) is 11.6 Å². The van der Waals surface area contributed by atoms with Crippen LogP contribution < -0.4 is 5.32 Å². The normalized spacial score (nSPS) is 19.3. The zero-order chi connectivity index (χ0) is 10.7. The molecule has 0 aliphatic heterocycles. The lowest BCUT2D eigenvalue weighted by molar-refractivity contribution is 0.421. The van der Waals surface area contributed by atoms with Crippen molar-refractivity contribution in [2.24, 2.45) is 0 Å². The Morgan fingerprint density at radius 3 is 2.53 bits per heavy atom. The van der Waals surface area contributed by atoms with E-state index in [0.29, 0.717) is 0 Å². The van der Waals surface area contributed by atoms with E-state index in [1.165, 1.54) is 31.2 Å². The van der Waals surface area contributed by atoms with Crippen molar-refractivity contribution < 1.29 is 0 Å². The SMILES string of the molecule is CNCC1(c2ccccc2Cl)CCCC1. The Morgan fingerprint density at radius 1 is 1.27 bits per heavy atom. The lowest BCUT2D eigenvalue weighted by Crippen LogP contribution is -2.34. The second-order valence-electron chi connectivity index (χ2n) is 4.50. The minimum atomic E-state index is 0.285. The highest BCUT2D eigenvalue weighted by atomic mass is 35.5. The number of halogens is 1. The first-order valence-electron chi connectivity index (χ1n) is 5.68. The predicted octanol–water partition coefficient (Wildman–Crippen LogP) is 3.37. The molecule has 1 fully saturated rings. The maximum atomic E-state index is 6.30. The molecular weight excluding hydrogens is 206 g/mol. The summed E-state index contributed by atoms with van der Waals surface area (Å²) in [6.07, 6.45) is 5.18. The Bertz CT molecular complexity index is 329. The summed E-state index contributed by atoms with van der Waals surface area (Å²) in [4.78, 5) is 0. The van der Waals surface area contributed by atoms with E-state index in [1.54, 1.807) is 0 Å². The number of hydrogen-bond donors (Lipinski definition) is 1. The van der Waals surface area contributed by atoms with Crippen LogP contribution in [0.1, 0.15) is 31.2 Å². The van der Waals surface area contributed by atoms with Crippen LogP contribution in [0.4, 0.5) is 0 Å². The molecule has 82 valence electrons. The Balaban J connectivity index is 2.36. The highest BCUT2D eigenvalue weighted by Gasteiger charge is 2.36. The molecule has 0 amide bonds. The van der Waals surface area contributed by atoms with Gasteiger partial charge in [-0.15, -0.1) is 0 Å². The second-order valence-corrected chi connectivity index (χ2v) is 4.90. The molecule has 0 atom stereocenters. The fourth-order valence-electron chi connectivity index (χ4n) is 2.82. The highest BCUT2D eigenvalue weighted by Crippen LogP contribution is 2.43. The van der Waals surface area contributed by atoms with Crippen LogP contribution in [-0.2, 0) is 5.41 Å². The van der Waals surface area contributed by atoms with Gasteiger partial charge in [0.1, 0.15) is 0 Å². The van der Waals surface area contributed by atoms with Crippen molar-refractivity contribution >= 4 is 11.6 Å². The van der Waals surface area contributed by atoms with Crippen LogP contribution in [0.15, 0.2) is 24.3 Å². The standard InChI is InChI=1S/C13H18ClN/c1-15-10-13(8-4-5-9-13)11-6-2-3-7-12(11)14/h2-3,6-7,15H,4-5,8-10H2,1H3. The molecule has 1 aromatic carbocycles. The molecule has 0 spiro atoms. The molecule has 0 heterocycles. The Labute approximate surface area is 96.8 Å². The van der Waals surface area contributed by atoms with E-state index < -0.39 is 0 Å². The lowest BCUT2D eigenvalue weighted by Gasteiger charge is -2.30. The lowest BCUT2D eigenvalue weighted by atomic mass is 9.79. The average molecular weight is 224 g/mol. The molecule has 15 heavy (non-hydrogen) atoms. The molecule has 0 saturated heterocycles. The van der Waals surface area contributed by atoms with Gasteiger partial charge in [0.2, 0.25) is 0 Å². The van der Waals surface area contributed by atoms with E-state index in [9.17, 15) is 0 Å². The van der Waals surface area contributed by atoms with Crippen molar-refractivity contribution in [2.45, 2.75) is 31.1 Å². The van der Waals surface area contributed by atoms with Crippen LogP contribution in [-0.4, -0.2) is 13.6 Å². The van der Waals surface area contributed by atoms with E-state index >= 15 is 0 Å². The summed E-state index contributed by atoms with van der Waals surface area (Å²) in [5.41, 5.74) is 1.62. The predicted molar refractivity (Wildman–Crippen MR) is 65.5 cm³/mol. The smallest absolute Gasteiger partial charge is 0.0444 e. The summed E-state index contributed by atoms with van der Waals surface area (Å²) in [5, 5.41) is 4.24. The zero-order valence-corrected chi connectivity index (χ0v) is 9.98. The van der Waals surface area contributed by atoms with Crippen molar-refractivity contribution in [1.29, 1.82) is 0 Å². The summed E-state index contributed by atoms with van der Waals surface area (Å²) in [7, 11) is 2.02. The number of likely N-dealkylation sites (N-methyl/N-ethyl adjacent to an activating group) is 1. The van der Waals surface area contributed by atoms with Crippen molar-refractivity contribution in [1.82, 2.24) is 5.32 Å². The first-order chi connectivity index (χ1) is 7.28. The van der Waals surface area contributed by atoms with Gasteiger partial charge in [-0.2, -0.15) is 0 Å². The molecule has 2 heteroatoms. The van der Waals surface area contributed by atoms with Gasteiger partial charge in [-0.25, -0.2) is 0 Å². The summed E-state index contributed by atoms with van der Waals surface area (Å²) < 4.78 is 0. The van der Waals surface area contributed by atoms with Crippen LogP contribution in [0.3, 0.4) is 0 Å².